The Hall–Kier alpha value is -2.02. The van der Waals surface area contributed by atoms with Crippen LogP contribution in [0.25, 0.3) is 0 Å². The van der Waals surface area contributed by atoms with Crippen LogP contribution >= 0.6 is 11.8 Å². The lowest BCUT2D eigenvalue weighted by Gasteiger charge is -2.30. The molecular formula is C21H28N2O4S. The van der Waals surface area contributed by atoms with Crippen LogP contribution in [0.2, 0.25) is 0 Å². The molecule has 152 valence electrons. The van der Waals surface area contributed by atoms with E-state index in [1.54, 1.807) is 11.8 Å². The predicted octanol–water partition coefficient (Wildman–Crippen LogP) is 3.14. The molecule has 3 rings (SSSR count). The Kier molecular flexibility index (Phi) is 6.99. The summed E-state index contributed by atoms with van der Waals surface area (Å²) in [5.74, 6) is 0.0766. The highest BCUT2D eigenvalue weighted by Crippen LogP contribution is 2.34. The summed E-state index contributed by atoms with van der Waals surface area (Å²) >= 11 is 1.51. The van der Waals surface area contributed by atoms with Gasteiger partial charge in [0, 0.05) is 17.5 Å². The number of para-hydroxylation sites is 1. The highest BCUT2D eigenvalue weighted by molar-refractivity contribution is 8.00. The molecule has 6 nitrogen and oxygen atoms in total. The highest BCUT2D eigenvalue weighted by atomic mass is 32.2. The fraction of sp³-hybridized carbons (Fsp3) is 0.571. The summed E-state index contributed by atoms with van der Waals surface area (Å²) < 4.78 is 5.31. The van der Waals surface area contributed by atoms with Gasteiger partial charge in [0.05, 0.1) is 17.9 Å². The number of hydrogen-bond acceptors (Lipinski definition) is 5. The van der Waals surface area contributed by atoms with Crippen molar-refractivity contribution in [1.29, 1.82) is 0 Å². The molecule has 0 saturated heterocycles. The van der Waals surface area contributed by atoms with Gasteiger partial charge in [0.25, 0.3) is 5.91 Å². The smallest absolute Gasteiger partial charge is 0.308 e. The molecule has 0 spiro atoms. The van der Waals surface area contributed by atoms with Crippen molar-refractivity contribution in [3.8, 4) is 0 Å². The summed E-state index contributed by atoms with van der Waals surface area (Å²) in [6, 6.07) is 7.81. The van der Waals surface area contributed by atoms with E-state index in [0.29, 0.717) is 11.7 Å². The number of rotatable bonds is 6. The van der Waals surface area contributed by atoms with E-state index in [-0.39, 0.29) is 30.8 Å². The van der Waals surface area contributed by atoms with Gasteiger partial charge in [-0.25, -0.2) is 0 Å². The van der Waals surface area contributed by atoms with Crippen LogP contribution in [0.3, 0.4) is 0 Å². The SMILES string of the molecule is C[C@@H](OC(=O)CCN1C(=O)CSc2ccccc21)C(=O)N[C@H]1CCCC[C@@H]1C. The molecule has 28 heavy (non-hydrogen) atoms. The third kappa shape index (κ3) is 5.07. The van der Waals surface area contributed by atoms with Gasteiger partial charge in [-0.05, 0) is 37.8 Å². The number of carbonyl (C=O) groups excluding carboxylic acids is 3. The van der Waals surface area contributed by atoms with Gasteiger partial charge < -0.3 is 15.0 Å². The monoisotopic (exact) mass is 404 g/mol. The van der Waals surface area contributed by atoms with Gasteiger partial charge >= 0.3 is 5.97 Å². The Bertz CT molecular complexity index is 739. The van der Waals surface area contributed by atoms with Crippen LogP contribution in [0.5, 0.6) is 0 Å². The molecule has 0 bridgehead atoms. The summed E-state index contributed by atoms with van der Waals surface area (Å²) in [5, 5.41) is 3.02. The van der Waals surface area contributed by atoms with E-state index in [0.717, 1.165) is 29.8 Å². The van der Waals surface area contributed by atoms with Crippen LogP contribution in [0.4, 0.5) is 5.69 Å². The van der Waals surface area contributed by atoms with Crippen molar-refractivity contribution in [3.05, 3.63) is 24.3 Å². The van der Waals surface area contributed by atoms with Gasteiger partial charge in [-0.15, -0.1) is 11.8 Å². The van der Waals surface area contributed by atoms with Crippen molar-refractivity contribution in [2.24, 2.45) is 5.92 Å². The number of anilines is 1. The zero-order chi connectivity index (χ0) is 20.1. The fourth-order valence-electron chi connectivity index (χ4n) is 3.74. The van der Waals surface area contributed by atoms with Crippen molar-refractivity contribution in [1.82, 2.24) is 5.32 Å². The number of fused-ring (bicyclic) bond motifs is 1. The number of ether oxygens (including phenoxy) is 1. The maximum Gasteiger partial charge on any atom is 0.308 e. The average Bonchev–Trinajstić information content (AvgIpc) is 2.69. The fourth-order valence-corrected chi connectivity index (χ4v) is 4.68. The zero-order valence-electron chi connectivity index (χ0n) is 16.5. The van der Waals surface area contributed by atoms with Crippen LogP contribution < -0.4 is 10.2 Å². The second-order valence-electron chi connectivity index (χ2n) is 7.56. The molecule has 1 N–H and O–H groups in total. The number of benzene rings is 1. The summed E-state index contributed by atoms with van der Waals surface area (Å²) in [4.78, 5) is 39.5. The van der Waals surface area contributed by atoms with Gasteiger partial charge in [0.15, 0.2) is 6.10 Å². The van der Waals surface area contributed by atoms with E-state index in [2.05, 4.69) is 12.2 Å². The van der Waals surface area contributed by atoms with E-state index in [4.69, 9.17) is 4.74 Å². The van der Waals surface area contributed by atoms with Gasteiger partial charge in [-0.3, -0.25) is 14.4 Å². The lowest BCUT2D eigenvalue weighted by Crippen LogP contribution is -2.46. The van der Waals surface area contributed by atoms with Crippen molar-refractivity contribution in [2.75, 3.05) is 17.2 Å². The Balaban J connectivity index is 1.49. The predicted molar refractivity (Wildman–Crippen MR) is 109 cm³/mol. The first kappa shape index (κ1) is 20.7. The molecule has 1 aromatic carbocycles. The molecule has 1 aromatic rings. The summed E-state index contributed by atoms with van der Waals surface area (Å²) in [6.07, 6.45) is 3.64. The standard InChI is InChI=1S/C21H28N2O4S/c1-14-7-3-4-8-16(14)22-21(26)15(2)27-20(25)11-12-23-17-9-5-6-10-18(17)28-13-19(23)24/h5-6,9-10,14-16H,3-4,7-8,11-13H2,1-2H3,(H,22,26)/t14-,15+,16-/m0/s1. The molecule has 3 atom stereocenters. The molecule has 2 aliphatic rings. The summed E-state index contributed by atoms with van der Waals surface area (Å²) in [6.45, 7) is 3.99. The molecule has 1 fully saturated rings. The van der Waals surface area contributed by atoms with Crippen LogP contribution in [0.1, 0.15) is 46.0 Å². The molecule has 1 aliphatic heterocycles. The average molecular weight is 405 g/mol. The molecular weight excluding hydrogens is 376 g/mol. The molecule has 2 amide bonds. The Morgan fingerprint density at radius 3 is 2.82 bits per heavy atom. The molecule has 1 aliphatic carbocycles. The van der Waals surface area contributed by atoms with Crippen LogP contribution in [0.15, 0.2) is 29.2 Å². The molecule has 1 heterocycles. The van der Waals surface area contributed by atoms with Gasteiger partial charge in [-0.1, -0.05) is 31.9 Å². The number of esters is 1. The van der Waals surface area contributed by atoms with Crippen LogP contribution in [0, 0.1) is 5.92 Å². The minimum atomic E-state index is -0.832. The number of nitrogens with zero attached hydrogens (tertiary/aromatic N) is 1. The number of carbonyl (C=O) groups is 3. The zero-order valence-corrected chi connectivity index (χ0v) is 17.3. The molecule has 0 radical (unpaired) electrons. The van der Waals surface area contributed by atoms with Crippen LogP contribution in [-0.4, -0.2) is 42.2 Å². The summed E-state index contributed by atoms with van der Waals surface area (Å²) in [5.41, 5.74) is 0.827. The van der Waals surface area contributed by atoms with Crippen molar-refractivity contribution in [3.63, 3.8) is 0 Å². The Labute approximate surface area is 170 Å². The molecule has 0 unspecified atom stereocenters. The topological polar surface area (TPSA) is 75.7 Å². The lowest BCUT2D eigenvalue weighted by atomic mass is 9.86. The van der Waals surface area contributed by atoms with Crippen molar-refractivity contribution >= 4 is 35.2 Å². The molecule has 0 aromatic heterocycles. The number of nitrogens with one attached hydrogen (secondary N) is 1. The largest absolute Gasteiger partial charge is 0.452 e. The van der Waals surface area contributed by atoms with Gasteiger partial charge in [0.2, 0.25) is 5.91 Å². The third-order valence-corrected chi connectivity index (χ3v) is 6.51. The van der Waals surface area contributed by atoms with E-state index in [1.807, 2.05) is 24.3 Å². The summed E-state index contributed by atoms with van der Waals surface area (Å²) in [7, 11) is 0. The number of hydrogen-bond donors (Lipinski definition) is 1. The molecule has 7 heteroatoms. The van der Waals surface area contributed by atoms with E-state index in [9.17, 15) is 14.4 Å². The minimum absolute atomic E-state index is 0.0198. The maximum atomic E-state index is 12.4. The minimum Gasteiger partial charge on any atom is -0.452 e. The first-order valence-electron chi connectivity index (χ1n) is 9.97. The van der Waals surface area contributed by atoms with Gasteiger partial charge in [-0.2, -0.15) is 0 Å². The normalized spacial score (nSPS) is 22.9. The number of thioether (sulfide) groups is 1. The van der Waals surface area contributed by atoms with Crippen molar-refractivity contribution < 1.29 is 19.1 Å². The third-order valence-electron chi connectivity index (χ3n) is 5.46. The quantitative estimate of drug-likeness (QED) is 0.737. The van der Waals surface area contributed by atoms with E-state index in [1.165, 1.54) is 18.2 Å². The number of amides is 2. The lowest BCUT2D eigenvalue weighted by molar-refractivity contribution is -0.155. The second-order valence-corrected chi connectivity index (χ2v) is 8.58. The Morgan fingerprint density at radius 1 is 1.29 bits per heavy atom. The van der Waals surface area contributed by atoms with Gasteiger partial charge in [0.1, 0.15) is 0 Å². The van der Waals surface area contributed by atoms with E-state index >= 15 is 0 Å². The van der Waals surface area contributed by atoms with Crippen LogP contribution in [-0.2, 0) is 19.1 Å². The Morgan fingerprint density at radius 2 is 2.04 bits per heavy atom. The van der Waals surface area contributed by atoms with E-state index < -0.39 is 12.1 Å². The highest BCUT2D eigenvalue weighted by Gasteiger charge is 2.28. The maximum absolute atomic E-state index is 12.4. The first-order valence-corrected chi connectivity index (χ1v) is 11.0. The first-order chi connectivity index (χ1) is 13.5. The molecule has 1 saturated carbocycles. The van der Waals surface area contributed by atoms with Crippen molar-refractivity contribution in [2.45, 2.75) is 63.0 Å². The second kappa shape index (κ2) is 9.45.